The van der Waals surface area contributed by atoms with Gasteiger partial charge in [0.25, 0.3) is 0 Å². The molecule has 4 nitrogen and oxygen atoms in total. The van der Waals surface area contributed by atoms with Crippen LogP contribution in [0, 0.1) is 11.8 Å². The second-order valence-electron chi connectivity index (χ2n) is 18.2. The van der Waals surface area contributed by atoms with Crippen LogP contribution in [0.3, 0.4) is 0 Å². The molecule has 12 rings (SSSR count). The Morgan fingerprint density at radius 2 is 0.921 bits per heavy atom. The Bertz CT molecular complexity index is 3360. The van der Waals surface area contributed by atoms with Gasteiger partial charge in [0.05, 0.1) is 0 Å². The first-order valence-electron chi connectivity index (χ1n) is 22.3. The summed E-state index contributed by atoms with van der Waals surface area (Å²) >= 11 is 0. The number of nitrogens with zero attached hydrogens (tertiary/aromatic N) is 3. The molecule has 5 heteroatoms. The van der Waals surface area contributed by atoms with E-state index < -0.39 is 7.14 Å². The molecule has 1 aromatic heterocycles. The predicted octanol–water partition coefficient (Wildman–Crippen LogP) is 14.5. The van der Waals surface area contributed by atoms with Gasteiger partial charge in [0, 0.05) is 27.4 Å². The second-order valence-corrected chi connectivity index (χ2v) is 21.4. The Labute approximate surface area is 368 Å². The molecule has 2 aliphatic rings. The molecule has 3 atom stereocenters. The van der Waals surface area contributed by atoms with Crippen LogP contribution in [-0.4, -0.2) is 28.3 Å². The van der Waals surface area contributed by atoms with Gasteiger partial charge >= 0.3 is 0 Å². The minimum atomic E-state index is -2.58. The molecule has 63 heavy (non-hydrogen) atoms. The van der Waals surface area contributed by atoms with Gasteiger partial charge in [-0.3, -0.25) is 0 Å². The van der Waals surface area contributed by atoms with E-state index in [4.69, 9.17) is 15.0 Å². The van der Waals surface area contributed by atoms with Crippen LogP contribution in [0.2, 0.25) is 0 Å². The van der Waals surface area contributed by atoms with Crippen molar-refractivity contribution in [2.45, 2.75) is 31.1 Å². The fraction of sp³-hybridized carbons (Fsp3) is 0.155. The van der Waals surface area contributed by atoms with Crippen LogP contribution < -0.4 is 5.30 Å². The van der Waals surface area contributed by atoms with Crippen molar-refractivity contribution in [1.29, 1.82) is 0 Å². The lowest BCUT2D eigenvalue weighted by Crippen LogP contribution is -2.34. The number of hydrogen-bond donors (Lipinski definition) is 0. The van der Waals surface area contributed by atoms with Crippen LogP contribution >= 0.6 is 7.14 Å². The molecule has 1 heterocycles. The van der Waals surface area contributed by atoms with E-state index in [2.05, 4.69) is 164 Å². The molecule has 10 aromatic rings. The van der Waals surface area contributed by atoms with Crippen LogP contribution in [0.15, 0.2) is 182 Å². The third kappa shape index (κ3) is 6.18. The van der Waals surface area contributed by atoms with E-state index in [-0.39, 0.29) is 5.41 Å². The van der Waals surface area contributed by atoms with Crippen LogP contribution in [-0.2, 0) is 9.98 Å². The Balaban J connectivity index is 0.978. The maximum absolute atomic E-state index is 13.8. The zero-order valence-electron chi connectivity index (χ0n) is 35.5. The van der Waals surface area contributed by atoms with Crippen LogP contribution in [0.5, 0.6) is 0 Å². The summed E-state index contributed by atoms with van der Waals surface area (Å²) in [5, 5.41) is 10.0. The maximum Gasteiger partial charge on any atom is 0.165 e. The summed E-state index contributed by atoms with van der Waals surface area (Å²) in [4.78, 5) is 15.7. The lowest BCUT2D eigenvalue weighted by Gasteiger charge is -2.39. The highest BCUT2D eigenvalue weighted by molar-refractivity contribution is 7.71. The van der Waals surface area contributed by atoms with E-state index >= 15 is 0 Å². The summed E-state index contributed by atoms with van der Waals surface area (Å²) in [7, 11) is -2.58. The molecule has 0 N–H and O–H groups in total. The van der Waals surface area contributed by atoms with Gasteiger partial charge in [0.15, 0.2) is 17.5 Å². The summed E-state index contributed by atoms with van der Waals surface area (Å²) in [6.07, 6.45) is 4.98. The Morgan fingerprint density at radius 3 is 1.43 bits per heavy atom. The average Bonchev–Trinajstić information content (AvgIpc) is 3.95. The molecule has 9 aromatic carbocycles. The van der Waals surface area contributed by atoms with Crippen molar-refractivity contribution in [2.75, 3.05) is 13.3 Å². The highest BCUT2D eigenvalue weighted by Crippen LogP contribution is 2.60. The summed E-state index contributed by atoms with van der Waals surface area (Å²) < 4.78 is 13.8. The lowest BCUT2D eigenvalue weighted by atomic mass is 9.64. The summed E-state index contributed by atoms with van der Waals surface area (Å²) in [5.74, 6) is 3.31. The van der Waals surface area contributed by atoms with Crippen molar-refractivity contribution in [1.82, 2.24) is 15.0 Å². The van der Waals surface area contributed by atoms with Crippen molar-refractivity contribution in [3.8, 4) is 45.3 Å². The first kappa shape index (κ1) is 38.0. The Morgan fingerprint density at radius 1 is 0.460 bits per heavy atom. The topological polar surface area (TPSA) is 55.7 Å². The van der Waals surface area contributed by atoms with Crippen molar-refractivity contribution >= 4 is 55.5 Å². The lowest BCUT2D eigenvalue weighted by molar-refractivity contribution is 0.320. The first-order chi connectivity index (χ1) is 30.8. The normalized spacial score (nSPS) is 18.5. The molecule has 0 saturated heterocycles. The zero-order valence-corrected chi connectivity index (χ0v) is 36.4. The minimum Gasteiger partial charge on any atom is -0.319 e. The fourth-order valence-electron chi connectivity index (χ4n) is 11.6. The van der Waals surface area contributed by atoms with Crippen LogP contribution in [0.25, 0.3) is 88.4 Å². The first-order valence-corrected chi connectivity index (χ1v) is 24.9. The van der Waals surface area contributed by atoms with Crippen molar-refractivity contribution in [3.05, 3.63) is 193 Å². The molecule has 2 aliphatic carbocycles. The largest absolute Gasteiger partial charge is 0.319 e. The van der Waals surface area contributed by atoms with E-state index in [1.165, 1.54) is 41.5 Å². The van der Waals surface area contributed by atoms with Gasteiger partial charge in [0.2, 0.25) is 0 Å². The fourth-order valence-corrected chi connectivity index (χ4v) is 13.2. The van der Waals surface area contributed by atoms with Crippen LogP contribution in [0.4, 0.5) is 0 Å². The molecule has 2 fully saturated rings. The van der Waals surface area contributed by atoms with Crippen molar-refractivity contribution in [3.63, 3.8) is 0 Å². The Kier molecular flexibility index (Phi) is 8.85. The molecule has 0 amide bonds. The molecular weight excluding hydrogens is 786 g/mol. The zero-order chi connectivity index (χ0) is 42.3. The van der Waals surface area contributed by atoms with E-state index in [1.54, 1.807) is 0 Å². The smallest absolute Gasteiger partial charge is 0.165 e. The molecule has 0 spiro atoms. The highest BCUT2D eigenvalue weighted by atomic mass is 31.2. The monoisotopic (exact) mass is 831 g/mol. The third-order valence-electron chi connectivity index (χ3n) is 14.3. The number of aromatic nitrogens is 3. The maximum atomic E-state index is 13.8. The van der Waals surface area contributed by atoms with E-state index in [0.717, 1.165) is 77.4 Å². The molecule has 0 aliphatic heterocycles. The number of fused-ring (bicyclic) bond motifs is 6. The number of rotatable bonds is 7. The van der Waals surface area contributed by atoms with Gasteiger partial charge in [0.1, 0.15) is 7.14 Å². The standard InChI is InChI=1S/C58H46N3OP/c1-63(2,62)54-50-22-12-10-20-48(50)52(49-21-11-13-23-51(49)54)38-25-30-43(31-26-38)58(36-37-24-29-45(58)34-37)44-32-27-40(28-33-44)56-59-55(39-14-4-3-5-15-39)60-57(61-56)53-46-18-8-6-16-41(46)35-42-17-7-9-19-47(42)53/h3-23,25-28,30-33,35,37,45H,24,29,34,36H2,1-2H3. The van der Waals surface area contributed by atoms with E-state index in [9.17, 15) is 4.57 Å². The van der Waals surface area contributed by atoms with Gasteiger partial charge < -0.3 is 4.57 Å². The summed E-state index contributed by atoms with van der Waals surface area (Å²) in [5.41, 5.74) is 8.03. The van der Waals surface area contributed by atoms with Crippen molar-refractivity contribution < 1.29 is 4.57 Å². The van der Waals surface area contributed by atoms with Gasteiger partial charge in [-0.05, 0) is 116 Å². The van der Waals surface area contributed by atoms with Gasteiger partial charge in [-0.15, -0.1) is 0 Å². The molecule has 3 unspecified atom stereocenters. The van der Waals surface area contributed by atoms with Gasteiger partial charge in [-0.1, -0.05) is 182 Å². The predicted molar refractivity (Wildman–Crippen MR) is 263 cm³/mol. The SMILES string of the molecule is CP(C)(=O)c1c2ccccc2c(-c2ccc(C3(c4ccc(-c5nc(-c6ccccc6)nc(-c6c7ccccc7cc7ccccc67)n5)cc4)CC4CCC3C4)cc2)c2ccccc12. The Hall–Kier alpha value is -6.74. The molecule has 2 saturated carbocycles. The molecule has 304 valence electrons. The molecule has 0 radical (unpaired) electrons. The van der Waals surface area contributed by atoms with Gasteiger partial charge in [-0.25, -0.2) is 15.0 Å². The van der Waals surface area contributed by atoms with Crippen LogP contribution in [0.1, 0.15) is 36.8 Å². The molecular formula is C58H46N3OP. The summed E-state index contributed by atoms with van der Waals surface area (Å²) in [6.45, 7) is 3.79. The summed E-state index contributed by atoms with van der Waals surface area (Å²) in [6, 6.07) is 65.3. The van der Waals surface area contributed by atoms with Gasteiger partial charge in [-0.2, -0.15) is 0 Å². The van der Waals surface area contributed by atoms with E-state index in [0.29, 0.717) is 23.4 Å². The number of benzene rings is 9. The second kappa shape index (κ2) is 14.7. The quantitative estimate of drug-likeness (QED) is 0.119. The van der Waals surface area contributed by atoms with E-state index in [1.807, 2.05) is 31.5 Å². The average molecular weight is 832 g/mol. The highest BCUT2D eigenvalue weighted by Gasteiger charge is 2.52. The third-order valence-corrected chi connectivity index (χ3v) is 15.9. The van der Waals surface area contributed by atoms with Crippen molar-refractivity contribution in [2.24, 2.45) is 11.8 Å². The molecule has 2 bridgehead atoms. The number of hydrogen-bond acceptors (Lipinski definition) is 4. The minimum absolute atomic E-state index is 0.0770.